The number of aliphatic hydroxyl groups excluding tert-OH is 1. The number of hydrogen-bond acceptors (Lipinski definition) is 3. The standard InChI is InChI=1S/C18H19FN2O2/c19-11-1-2-12-13(7-11)15-9-20-10-21(15)16(12)14-8-18(17(14)22)3-5-23-6-4-18/h1-2,7,9-10,14,16-17,22H,3-6,8H2. The molecule has 23 heavy (non-hydrogen) atoms. The Morgan fingerprint density at radius 2 is 2.13 bits per heavy atom. The molecule has 1 N–H and O–H groups in total. The van der Waals surface area contributed by atoms with Gasteiger partial charge in [0.2, 0.25) is 0 Å². The maximum atomic E-state index is 13.7. The van der Waals surface area contributed by atoms with Crippen LogP contribution in [0, 0.1) is 17.2 Å². The van der Waals surface area contributed by atoms with Crippen LogP contribution in [0.3, 0.4) is 0 Å². The average Bonchev–Trinajstić information content (AvgIpc) is 3.15. The third-order valence-electron chi connectivity index (χ3n) is 6.15. The van der Waals surface area contributed by atoms with Crippen molar-refractivity contribution in [1.29, 1.82) is 0 Å². The summed E-state index contributed by atoms with van der Waals surface area (Å²) in [6, 6.07) is 5.02. The number of halogens is 1. The van der Waals surface area contributed by atoms with Gasteiger partial charge in [-0.2, -0.15) is 0 Å². The monoisotopic (exact) mass is 314 g/mol. The number of ether oxygens (including phenoxy) is 1. The Hall–Kier alpha value is -1.72. The van der Waals surface area contributed by atoms with Crippen LogP contribution in [0.25, 0.3) is 11.3 Å². The Bertz CT molecular complexity index is 766. The highest BCUT2D eigenvalue weighted by atomic mass is 19.1. The SMILES string of the molecule is OC1C(C2c3ccc(F)cc3-c3cncn32)CC12CCOCC2. The molecule has 5 heteroatoms. The predicted molar refractivity (Wildman–Crippen MR) is 82.4 cm³/mol. The van der Waals surface area contributed by atoms with Crippen LogP contribution in [0.4, 0.5) is 4.39 Å². The van der Waals surface area contributed by atoms with Crippen molar-refractivity contribution in [3.8, 4) is 11.3 Å². The molecule has 1 spiro atoms. The van der Waals surface area contributed by atoms with Gasteiger partial charge >= 0.3 is 0 Å². The second-order valence-electron chi connectivity index (χ2n) is 7.15. The number of aromatic nitrogens is 2. The maximum Gasteiger partial charge on any atom is 0.123 e. The summed E-state index contributed by atoms with van der Waals surface area (Å²) in [5, 5.41) is 10.9. The third-order valence-corrected chi connectivity index (χ3v) is 6.15. The second-order valence-corrected chi connectivity index (χ2v) is 7.15. The summed E-state index contributed by atoms with van der Waals surface area (Å²) in [4.78, 5) is 4.23. The van der Waals surface area contributed by atoms with Gasteiger partial charge in [-0.1, -0.05) is 6.07 Å². The van der Waals surface area contributed by atoms with Gasteiger partial charge in [-0.25, -0.2) is 9.37 Å². The van der Waals surface area contributed by atoms with Gasteiger partial charge in [0, 0.05) is 30.1 Å². The zero-order chi connectivity index (χ0) is 15.6. The number of benzene rings is 1. The number of hydrogen-bond donors (Lipinski definition) is 1. The molecular formula is C18H19FN2O2. The number of rotatable bonds is 1. The molecule has 1 aromatic heterocycles. The molecule has 120 valence electrons. The van der Waals surface area contributed by atoms with Crippen molar-refractivity contribution >= 4 is 0 Å². The first kappa shape index (κ1) is 13.7. The van der Waals surface area contributed by atoms with Crippen LogP contribution in [0.1, 0.15) is 30.9 Å². The molecule has 3 heterocycles. The van der Waals surface area contributed by atoms with Gasteiger partial charge in [0.25, 0.3) is 0 Å². The van der Waals surface area contributed by atoms with E-state index < -0.39 is 0 Å². The second kappa shape index (κ2) is 4.65. The molecule has 4 nitrogen and oxygen atoms in total. The molecule has 2 aromatic rings. The quantitative estimate of drug-likeness (QED) is 0.880. The molecule has 2 aliphatic heterocycles. The molecule has 1 saturated carbocycles. The average molecular weight is 314 g/mol. The van der Waals surface area contributed by atoms with Crippen LogP contribution in [-0.4, -0.2) is 34.0 Å². The summed E-state index contributed by atoms with van der Waals surface area (Å²) in [5.74, 6) is -0.0695. The van der Waals surface area contributed by atoms with E-state index in [1.165, 1.54) is 6.07 Å². The van der Waals surface area contributed by atoms with Gasteiger partial charge in [0.05, 0.1) is 30.4 Å². The van der Waals surface area contributed by atoms with Gasteiger partial charge in [-0.15, -0.1) is 0 Å². The summed E-state index contributed by atoms with van der Waals surface area (Å²) in [6.45, 7) is 1.49. The van der Waals surface area contributed by atoms with E-state index in [4.69, 9.17) is 4.74 Å². The molecular weight excluding hydrogens is 295 g/mol. The predicted octanol–water partition coefficient (Wildman–Crippen LogP) is 2.77. The topological polar surface area (TPSA) is 47.3 Å². The summed E-state index contributed by atoms with van der Waals surface area (Å²) in [5.41, 5.74) is 2.99. The Kier molecular flexibility index (Phi) is 2.77. The van der Waals surface area contributed by atoms with Gasteiger partial charge in [0.1, 0.15) is 5.82 Å². The highest BCUT2D eigenvalue weighted by molar-refractivity contribution is 5.69. The minimum absolute atomic E-state index is 0.0203. The Labute approximate surface area is 133 Å². The maximum absolute atomic E-state index is 13.7. The van der Waals surface area contributed by atoms with Crippen LogP contribution in [0.5, 0.6) is 0 Å². The van der Waals surface area contributed by atoms with Crippen molar-refractivity contribution < 1.29 is 14.2 Å². The lowest BCUT2D eigenvalue weighted by atomic mass is 9.53. The lowest BCUT2D eigenvalue weighted by Gasteiger charge is -2.56. The minimum atomic E-state index is -0.331. The Morgan fingerprint density at radius 1 is 1.30 bits per heavy atom. The van der Waals surface area contributed by atoms with E-state index >= 15 is 0 Å². The van der Waals surface area contributed by atoms with Gasteiger partial charge in [-0.3, -0.25) is 0 Å². The summed E-state index contributed by atoms with van der Waals surface area (Å²) < 4.78 is 21.2. The van der Waals surface area contributed by atoms with Gasteiger partial charge in [-0.05, 0) is 37.0 Å². The van der Waals surface area contributed by atoms with Gasteiger partial charge < -0.3 is 14.4 Å². The first-order valence-corrected chi connectivity index (χ1v) is 8.27. The van der Waals surface area contributed by atoms with Crippen molar-refractivity contribution in [3.05, 3.63) is 42.1 Å². The molecule has 3 atom stereocenters. The number of imidazole rings is 1. The van der Waals surface area contributed by atoms with Crippen LogP contribution < -0.4 is 0 Å². The molecule has 1 saturated heterocycles. The molecule has 1 aromatic carbocycles. The Morgan fingerprint density at radius 3 is 2.91 bits per heavy atom. The molecule has 1 aliphatic carbocycles. The molecule has 3 unspecified atom stereocenters. The molecule has 0 radical (unpaired) electrons. The van der Waals surface area contributed by atoms with E-state index in [1.807, 2.05) is 6.07 Å². The minimum Gasteiger partial charge on any atom is -0.392 e. The van der Waals surface area contributed by atoms with Crippen molar-refractivity contribution in [2.75, 3.05) is 13.2 Å². The van der Waals surface area contributed by atoms with E-state index in [1.54, 1.807) is 18.6 Å². The van der Waals surface area contributed by atoms with E-state index in [-0.39, 0.29) is 29.3 Å². The van der Waals surface area contributed by atoms with Crippen LogP contribution >= 0.6 is 0 Å². The number of nitrogens with zero attached hydrogens (tertiary/aromatic N) is 2. The molecule has 0 amide bonds. The van der Waals surface area contributed by atoms with Crippen molar-refractivity contribution in [3.63, 3.8) is 0 Å². The zero-order valence-corrected chi connectivity index (χ0v) is 12.8. The van der Waals surface area contributed by atoms with E-state index in [2.05, 4.69) is 9.55 Å². The lowest BCUT2D eigenvalue weighted by molar-refractivity contribution is -0.173. The summed E-state index contributed by atoms with van der Waals surface area (Å²) in [6.07, 6.45) is 6.13. The number of aliphatic hydroxyl groups is 1. The number of fused-ring (bicyclic) bond motifs is 3. The van der Waals surface area contributed by atoms with Crippen molar-refractivity contribution in [2.24, 2.45) is 11.3 Å². The third kappa shape index (κ3) is 1.75. The zero-order valence-electron chi connectivity index (χ0n) is 12.8. The highest BCUT2D eigenvalue weighted by Crippen LogP contribution is 2.59. The van der Waals surface area contributed by atoms with Crippen LogP contribution in [0.15, 0.2) is 30.7 Å². The first-order valence-electron chi connectivity index (χ1n) is 8.27. The molecule has 3 aliphatic rings. The fourth-order valence-electron chi connectivity index (χ4n) is 4.89. The van der Waals surface area contributed by atoms with Gasteiger partial charge in [0.15, 0.2) is 0 Å². The normalized spacial score (nSPS) is 30.8. The fourth-order valence-corrected chi connectivity index (χ4v) is 4.89. The Balaban J connectivity index is 1.53. The van der Waals surface area contributed by atoms with Crippen LogP contribution in [-0.2, 0) is 4.74 Å². The summed E-state index contributed by atoms with van der Waals surface area (Å²) >= 11 is 0. The largest absolute Gasteiger partial charge is 0.392 e. The van der Waals surface area contributed by atoms with Crippen LogP contribution in [0.2, 0.25) is 0 Å². The van der Waals surface area contributed by atoms with E-state index in [0.29, 0.717) is 0 Å². The fraction of sp³-hybridized carbons (Fsp3) is 0.500. The highest BCUT2D eigenvalue weighted by Gasteiger charge is 2.57. The van der Waals surface area contributed by atoms with E-state index in [0.717, 1.165) is 49.3 Å². The molecule has 0 bridgehead atoms. The summed E-state index contributed by atoms with van der Waals surface area (Å²) in [7, 11) is 0. The van der Waals surface area contributed by atoms with E-state index in [9.17, 15) is 9.50 Å². The lowest BCUT2D eigenvalue weighted by Crippen LogP contribution is -2.57. The smallest absolute Gasteiger partial charge is 0.123 e. The van der Waals surface area contributed by atoms with Crippen molar-refractivity contribution in [1.82, 2.24) is 9.55 Å². The first-order chi connectivity index (χ1) is 11.2. The molecule has 2 fully saturated rings. The molecule has 5 rings (SSSR count). The van der Waals surface area contributed by atoms with Crippen molar-refractivity contribution in [2.45, 2.75) is 31.4 Å².